The number of amides is 1. The summed E-state index contributed by atoms with van der Waals surface area (Å²) in [5.41, 5.74) is 0.691. The van der Waals surface area contributed by atoms with Crippen LogP contribution in [0.3, 0.4) is 0 Å². The largest absolute Gasteiger partial charge is 0.494 e. The molecule has 0 saturated carbocycles. The predicted octanol–water partition coefficient (Wildman–Crippen LogP) is 5.04. The van der Waals surface area contributed by atoms with Crippen molar-refractivity contribution < 1.29 is 38.5 Å². The van der Waals surface area contributed by atoms with Gasteiger partial charge in [-0.15, -0.1) is 0 Å². The minimum absolute atomic E-state index is 0.0804. The van der Waals surface area contributed by atoms with Crippen molar-refractivity contribution >= 4 is 35.5 Å². The van der Waals surface area contributed by atoms with E-state index in [0.29, 0.717) is 24.7 Å². The topological polar surface area (TPSA) is 140 Å². The Kier molecular flexibility index (Phi) is 10.4. The number of unbranched alkanes of at least 4 members (excludes halogenated alkanes) is 2. The van der Waals surface area contributed by atoms with Crippen molar-refractivity contribution in [1.29, 1.82) is 0 Å². The number of nitrogens with one attached hydrogen (secondary N) is 2. The second kappa shape index (κ2) is 14.2. The number of rotatable bonds is 15. The molecule has 0 aliphatic heterocycles. The molecule has 0 fully saturated rings. The van der Waals surface area contributed by atoms with Gasteiger partial charge in [-0.1, -0.05) is 0 Å². The highest BCUT2D eigenvalue weighted by Crippen LogP contribution is 2.26. The lowest BCUT2D eigenvalue weighted by Gasteiger charge is -2.12. The van der Waals surface area contributed by atoms with Crippen LogP contribution < -0.4 is 24.8 Å². The molecule has 0 bridgehead atoms. The number of Topliss-reactive ketones (excluding diaryl/α,β-unsaturated/α-hetero) is 1. The summed E-state index contributed by atoms with van der Waals surface area (Å²) >= 11 is 0. The fourth-order valence-electron chi connectivity index (χ4n) is 3.68. The molecule has 0 atom stereocenters. The normalized spacial score (nSPS) is 10.3. The fourth-order valence-corrected chi connectivity index (χ4v) is 3.68. The lowest BCUT2D eigenvalue weighted by Crippen LogP contribution is -2.18. The Bertz CT molecular complexity index is 1300. The smallest absolute Gasteiger partial charge is 0.336 e. The predicted molar refractivity (Wildman–Crippen MR) is 145 cm³/mol. The molecule has 3 aromatic carbocycles. The molecule has 0 heterocycles. The first-order valence-corrected chi connectivity index (χ1v) is 12.3. The van der Waals surface area contributed by atoms with Crippen LogP contribution in [0.5, 0.6) is 17.2 Å². The van der Waals surface area contributed by atoms with E-state index in [4.69, 9.17) is 14.2 Å². The summed E-state index contributed by atoms with van der Waals surface area (Å²) in [4.78, 5) is 47.2. The summed E-state index contributed by atoms with van der Waals surface area (Å²) in [5.74, 6) is -1.42. The molecular weight excluding hydrogens is 504 g/mol. The van der Waals surface area contributed by atoms with Crippen LogP contribution in [0.1, 0.15) is 57.3 Å². The average Bonchev–Trinajstić information content (AvgIpc) is 2.93. The lowest BCUT2D eigenvalue weighted by atomic mass is 10.00. The molecule has 3 aromatic rings. The van der Waals surface area contributed by atoms with Gasteiger partial charge in [0.2, 0.25) is 0 Å². The molecule has 204 valence electrons. The van der Waals surface area contributed by atoms with Crippen LogP contribution in [0.15, 0.2) is 60.7 Å². The van der Waals surface area contributed by atoms with Crippen LogP contribution in [0.2, 0.25) is 0 Å². The highest BCUT2D eigenvalue weighted by atomic mass is 16.5. The molecule has 0 aliphatic carbocycles. The van der Waals surface area contributed by atoms with Gasteiger partial charge >= 0.3 is 5.97 Å². The Hall–Kier alpha value is -4.86. The molecule has 0 spiro atoms. The van der Waals surface area contributed by atoms with E-state index >= 15 is 0 Å². The number of benzene rings is 3. The monoisotopic (exact) mass is 534 g/mol. The van der Waals surface area contributed by atoms with E-state index in [-0.39, 0.29) is 23.3 Å². The van der Waals surface area contributed by atoms with Crippen LogP contribution >= 0.6 is 0 Å². The van der Waals surface area contributed by atoms with Crippen LogP contribution in [0, 0.1) is 0 Å². The summed E-state index contributed by atoms with van der Waals surface area (Å²) < 4.78 is 16.2. The Morgan fingerprint density at radius 1 is 0.795 bits per heavy atom. The summed E-state index contributed by atoms with van der Waals surface area (Å²) in [5, 5.41) is 15.2. The summed E-state index contributed by atoms with van der Waals surface area (Å²) in [6, 6.07) is 16.5. The van der Waals surface area contributed by atoms with Crippen LogP contribution in [0.25, 0.3) is 0 Å². The van der Waals surface area contributed by atoms with E-state index in [0.717, 1.165) is 42.8 Å². The van der Waals surface area contributed by atoms with Gasteiger partial charge in [-0.2, -0.15) is 0 Å². The van der Waals surface area contributed by atoms with Crippen molar-refractivity contribution in [3.63, 3.8) is 0 Å². The first kappa shape index (κ1) is 28.7. The zero-order valence-corrected chi connectivity index (χ0v) is 21.7. The van der Waals surface area contributed by atoms with Crippen LogP contribution in [-0.4, -0.2) is 49.5 Å². The first-order chi connectivity index (χ1) is 18.8. The SMILES string of the molecule is CNc1ccc(OCCCCCOc2ccc(NC(=O)c3cc(C(C)=O)c(OC=O)cc3C(=O)O)cc2)cc1. The third kappa shape index (κ3) is 8.32. The van der Waals surface area contributed by atoms with Gasteiger partial charge in [0.25, 0.3) is 12.4 Å². The van der Waals surface area contributed by atoms with Gasteiger partial charge in [0, 0.05) is 18.4 Å². The molecule has 3 N–H and O–H groups in total. The molecule has 3 rings (SSSR count). The molecule has 0 radical (unpaired) electrons. The van der Waals surface area contributed by atoms with Crippen molar-refractivity contribution in [2.75, 3.05) is 30.9 Å². The Morgan fingerprint density at radius 2 is 1.36 bits per heavy atom. The number of carbonyl (C=O) groups excluding carboxylic acids is 3. The van der Waals surface area contributed by atoms with Gasteiger partial charge < -0.3 is 30.0 Å². The van der Waals surface area contributed by atoms with E-state index in [1.807, 2.05) is 31.3 Å². The fraction of sp³-hybridized carbons (Fsp3) is 0.241. The summed E-state index contributed by atoms with van der Waals surface area (Å²) in [6.45, 7) is 2.44. The number of aromatic carboxylic acids is 1. The molecule has 0 aromatic heterocycles. The number of anilines is 2. The molecule has 10 heteroatoms. The number of hydrogen-bond acceptors (Lipinski definition) is 8. The van der Waals surface area contributed by atoms with Gasteiger partial charge in [0.05, 0.1) is 29.9 Å². The molecular formula is C29H30N2O8. The Labute approximate surface area is 225 Å². The van der Waals surface area contributed by atoms with Gasteiger partial charge in [-0.05, 0) is 86.8 Å². The number of carboxylic acid groups (broad SMARTS) is 1. The van der Waals surface area contributed by atoms with Gasteiger partial charge in [0.15, 0.2) is 5.78 Å². The number of ether oxygens (including phenoxy) is 3. The minimum Gasteiger partial charge on any atom is -0.494 e. The van der Waals surface area contributed by atoms with Crippen molar-refractivity contribution in [2.45, 2.75) is 26.2 Å². The quantitative estimate of drug-likeness (QED) is 0.139. The molecule has 39 heavy (non-hydrogen) atoms. The number of carbonyl (C=O) groups is 4. The second-order valence-electron chi connectivity index (χ2n) is 8.48. The van der Waals surface area contributed by atoms with E-state index < -0.39 is 23.2 Å². The lowest BCUT2D eigenvalue weighted by molar-refractivity contribution is -0.120. The third-order valence-electron chi connectivity index (χ3n) is 5.73. The molecule has 0 aliphatic rings. The second-order valence-corrected chi connectivity index (χ2v) is 8.48. The maximum Gasteiger partial charge on any atom is 0.336 e. The maximum atomic E-state index is 12.8. The number of ketones is 1. The Balaban J connectivity index is 1.48. The van der Waals surface area contributed by atoms with E-state index in [9.17, 15) is 24.3 Å². The van der Waals surface area contributed by atoms with E-state index in [2.05, 4.69) is 10.6 Å². The standard InChI is InChI=1S/C29H30N2O8/c1-19(33)24-16-25(26(29(35)36)17-27(24)39-18-32)28(34)31-21-8-12-23(13-9-21)38-15-5-3-4-14-37-22-10-6-20(30-2)7-11-22/h6-13,16-18,30H,3-5,14-15H2,1-2H3,(H,31,34)(H,35,36). The first-order valence-electron chi connectivity index (χ1n) is 12.3. The zero-order chi connectivity index (χ0) is 28.2. The number of hydrogen-bond donors (Lipinski definition) is 3. The molecule has 1 amide bonds. The van der Waals surface area contributed by atoms with Crippen molar-refractivity contribution in [2.24, 2.45) is 0 Å². The number of carboxylic acids is 1. The zero-order valence-electron chi connectivity index (χ0n) is 21.7. The average molecular weight is 535 g/mol. The Morgan fingerprint density at radius 3 is 1.85 bits per heavy atom. The molecule has 0 saturated heterocycles. The highest BCUT2D eigenvalue weighted by molar-refractivity contribution is 6.13. The summed E-state index contributed by atoms with van der Waals surface area (Å²) in [6.07, 6.45) is 2.68. The van der Waals surface area contributed by atoms with Crippen LogP contribution in [-0.2, 0) is 4.79 Å². The van der Waals surface area contributed by atoms with Crippen molar-refractivity contribution in [1.82, 2.24) is 0 Å². The highest BCUT2D eigenvalue weighted by Gasteiger charge is 2.22. The van der Waals surface area contributed by atoms with Crippen LogP contribution in [0.4, 0.5) is 11.4 Å². The van der Waals surface area contributed by atoms with E-state index in [1.54, 1.807) is 24.3 Å². The van der Waals surface area contributed by atoms with E-state index in [1.165, 1.54) is 6.92 Å². The van der Waals surface area contributed by atoms with Crippen molar-refractivity contribution in [3.05, 3.63) is 77.4 Å². The minimum atomic E-state index is -1.41. The van der Waals surface area contributed by atoms with Gasteiger partial charge in [0.1, 0.15) is 17.2 Å². The summed E-state index contributed by atoms with van der Waals surface area (Å²) in [7, 11) is 1.87. The maximum absolute atomic E-state index is 12.8. The van der Waals surface area contributed by atoms with Gasteiger partial charge in [-0.3, -0.25) is 14.4 Å². The molecule has 10 nitrogen and oxygen atoms in total. The third-order valence-corrected chi connectivity index (χ3v) is 5.73. The molecule has 0 unspecified atom stereocenters. The van der Waals surface area contributed by atoms with Gasteiger partial charge in [-0.25, -0.2) is 4.79 Å². The van der Waals surface area contributed by atoms with Crippen molar-refractivity contribution in [3.8, 4) is 17.2 Å².